The van der Waals surface area contributed by atoms with Crippen molar-refractivity contribution in [3.63, 3.8) is 0 Å². The molecule has 1 heterocycles. The highest BCUT2D eigenvalue weighted by Gasteiger charge is 2.27. The zero-order valence-electron chi connectivity index (χ0n) is 14.9. The van der Waals surface area contributed by atoms with Gasteiger partial charge in [0.2, 0.25) is 5.91 Å². The van der Waals surface area contributed by atoms with Gasteiger partial charge in [0.1, 0.15) is 11.6 Å². The fourth-order valence-corrected chi connectivity index (χ4v) is 3.88. The molecule has 0 spiro atoms. The van der Waals surface area contributed by atoms with Crippen LogP contribution in [-0.4, -0.2) is 38.7 Å². The third-order valence-corrected chi connectivity index (χ3v) is 5.37. The topological polar surface area (TPSA) is 51.0 Å². The number of benzene rings is 2. The minimum atomic E-state index is -0.359. The summed E-state index contributed by atoms with van der Waals surface area (Å²) in [6.45, 7) is 5.37. The highest BCUT2D eigenvalue weighted by molar-refractivity contribution is 8.00. The SMILES string of the molecule is CCN(CC)C(=O)[C@H](Sc1nncn1-c1ccccc1)c1ccccc1. The van der Waals surface area contributed by atoms with Gasteiger partial charge in [-0.3, -0.25) is 9.36 Å². The van der Waals surface area contributed by atoms with E-state index in [1.54, 1.807) is 6.33 Å². The lowest BCUT2D eigenvalue weighted by molar-refractivity contribution is -0.130. The summed E-state index contributed by atoms with van der Waals surface area (Å²) < 4.78 is 1.91. The molecule has 5 nitrogen and oxygen atoms in total. The van der Waals surface area contributed by atoms with Crippen LogP contribution in [0.4, 0.5) is 0 Å². The normalized spacial score (nSPS) is 11.9. The Morgan fingerprint density at radius 1 is 1.04 bits per heavy atom. The molecule has 1 atom stereocenters. The van der Waals surface area contributed by atoms with Crippen LogP contribution in [0.2, 0.25) is 0 Å². The number of likely N-dealkylation sites (N-methyl/N-ethyl adjacent to an activating group) is 1. The van der Waals surface area contributed by atoms with Crippen LogP contribution in [0, 0.1) is 0 Å². The number of rotatable bonds is 7. The van der Waals surface area contributed by atoms with Crippen LogP contribution in [0.15, 0.2) is 72.1 Å². The minimum absolute atomic E-state index is 0.0915. The fraction of sp³-hybridized carbons (Fsp3) is 0.250. The zero-order chi connectivity index (χ0) is 18.4. The van der Waals surface area contributed by atoms with Gasteiger partial charge in [0, 0.05) is 18.8 Å². The van der Waals surface area contributed by atoms with Crippen molar-refractivity contribution in [2.24, 2.45) is 0 Å². The summed E-state index contributed by atoms with van der Waals surface area (Å²) in [4.78, 5) is 15.0. The van der Waals surface area contributed by atoms with Crippen molar-refractivity contribution in [2.45, 2.75) is 24.3 Å². The summed E-state index contributed by atoms with van der Waals surface area (Å²) in [5.41, 5.74) is 1.94. The van der Waals surface area contributed by atoms with Gasteiger partial charge in [-0.15, -0.1) is 10.2 Å². The van der Waals surface area contributed by atoms with Crippen molar-refractivity contribution in [1.29, 1.82) is 0 Å². The fourth-order valence-electron chi connectivity index (χ4n) is 2.77. The summed E-state index contributed by atoms with van der Waals surface area (Å²) in [5.74, 6) is 0.0915. The predicted octanol–water partition coefficient (Wildman–Crippen LogP) is 3.97. The highest BCUT2D eigenvalue weighted by Crippen LogP contribution is 2.36. The molecular formula is C20H22N4OS. The second kappa shape index (κ2) is 8.67. The Bertz CT molecular complexity index is 831. The Morgan fingerprint density at radius 2 is 1.65 bits per heavy atom. The lowest BCUT2D eigenvalue weighted by Gasteiger charge is -2.25. The van der Waals surface area contributed by atoms with Crippen LogP contribution in [0.25, 0.3) is 5.69 Å². The van der Waals surface area contributed by atoms with E-state index in [4.69, 9.17) is 0 Å². The molecule has 0 unspecified atom stereocenters. The first-order chi connectivity index (χ1) is 12.7. The lowest BCUT2D eigenvalue weighted by Crippen LogP contribution is -2.34. The molecule has 0 aliphatic heterocycles. The number of amides is 1. The molecule has 0 bridgehead atoms. The summed E-state index contributed by atoms with van der Waals surface area (Å²) in [6.07, 6.45) is 1.68. The molecule has 6 heteroatoms. The maximum absolute atomic E-state index is 13.1. The number of hydrogen-bond acceptors (Lipinski definition) is 4. The second-order valence-electron chi connectivity index (χ2n) is 5.74. The molecule has 0 fully saturated rings. The Labute approximate surface area is 158 Å². The molecule has 2 aromatic carbocycles. The van der Waals surface area contributed by atoms with Crippen LogP contribution >= 0.6 is 11.8 Å². The van der Waals surface area contributed by atoms with E-state index < -0.39 is 0 Å². The number of thioether (sulfide) groups is 1. The molecule has 1 aromatic heterocycles. The first-order valence-corrected chi connectivity index (χ1v) is 9.58. The summed E-state index contributed by atoms with van der Waals surface area (Å²) in [5, 5.41) is 8.65. The molecule has 1 amide bonds. The van der Waals surface area contributed by atoms with E-state index in [0.29, 0.717) is 18.2 Å². The van der Waals surface area contributed by atoms with E-state index in [-0.39, 0.29) is 11.2 Å². The van der Waals surface area contributed by atoms with Gasteiger partial charge in [-0.25, -0.2) is 0 Å². The van der Waals surface area contributed by atoms with Crippen molar-refractivity contribution in [3.05, 3.63) is 72.6 Å². The van der Waals surface area contributed by atoms with Crippen molar-refractivity contribution < 1.29 is 4.79 Å². The average molecular weight is 366 g/mol. The predicted molar refractivity (Wildman–Crippen MR) is 104 cm³/mol. The van der Waals surface area contributed by atoms with E-state index in [2.05, 4.69) is 10.2 Å². The molecule has 134 valence electrons. The van der Waals surface area contributed by atoms with E-state index in [9.17, 15) is 4.79 Å². The molecule has 0 aliphatic rings. The Morgan fingerprint density at radius 3 is 2.27 bits per heavy atom. The third-order valence-electron chi connectivity index (χ3n) is 4.18. The molecule has 26 heavy (non-hydrogen) atoms. The van der Waals surface area contributed by atoms with E-state index >= 15 is 0 Å². The minimum Gasteiger partial charge on any atom is -0.342 e. The van der Waals surface area contributed by atoms with Gasteiger partial charge >= 0.3 is 0 Å². The number of carbonyl (C=O) groups excluding carboxylic acids is 1. The third kappa shape index (κ3) is 3.96. The zero-order valence-corrected chi connectivity index (χ0v) is 15.8. The van der Waals surface area contributed by atoms with Crippen LogP contribution in [-0.2, 0) is 4.79 Å². The van der Waals surface area contributed by atoms with Crippen molar-refractivity contribution >= 4 is 17.7 Å². The standard InChI is InChI=1S/C20H22N4OS/c1-3-23(4-2)19(25)18(16-11-7-5-8-12-16)26-20-22-21-15-24(20)17-13-9-6-10-14-17/h5-15,18H,3-4H2,1-2H3/t18-/m1/s1. The maximum Gasteiger partial charge on any atom is 0.240 e. The van der Waals surface area contributed by atoms with Gasteiger partial charge in [-0.2, -0.15) is 0 Å². The number of carbonyl (C=O) groups is 1. The number of hydrogen-bond donors (Lipinski definition) is 0. The Kier molecular flexibility index (Phi) is 6.07. The maximum atomic E-state index is 13.1. The average Bonchev–Trinajstić information content (AvgIpc) is 3.16. The Balaban J connectivity index is 1.95. The van der Waals surface area contributed by atoms with Gasteiger partial charge in [0.15, 0.2) is 5.16 Å². The monoisotopic (exact) mass is 366 g/mol. The molecule has 0 radical (unpaired) electrons. The quantitative estimate of drug-likeness (QED) is 0.594. The van der Waals surface area contributed by atoms with Crippen LogP contribution in [0.1, 0.15) is 24.7 Å². The molecule has 3 aromatic rings. The van der Waals surface area contributed by atoms with E-state index in [1.807, 2.05) is 84.0 Å². The van der Waals surface area contributed by atoms with Gasteiger partial charge in [0.25, 0.3) is 0 Å². The molecule has 0 N–H and O–H groups in total. The smallest absolute Gasteiger partial charge is 0.240 e. The van der Waals surface area contributed by atoms with Crippen molar-refractivity contribution in [1.82, 2.24) is 19.7 Å². The van der Waals surface area contributed by atoms with E-state index in [1.165, 1.54) is 11.8 Å². The van der Waals surface area contributed by atoms with Crippen LogP contribution in [0.3, 0.4) is 0 Å². The second-order valence-corrected chi connectivity index (χ2v) is 6.81. The van der Waals surface area contributed by atoms with Gasteiger partial charge in [-0.05, 0) is 31.5 Å². The summed E-state index contributed by atoms with van der Waals surface area (Å²) >= 11 is 1.44. The lowest BCUT2D eigenvalue weighted by atomic mass is 10.1. The Hall–Kier alpha value is -2.60. The van der Waals surface area contributed by atoms with Gasteiger partial charge in [-0.1, -0.05) is 60.3 Å². The van der Waals surface area contributed by atoms with E-state index in [0.717, 1.165) is 11.3 Å². The number of nitrogens with zero attached hydrogens (tertiary/aromatic N) is 4. The van der Waals surface area contributed by atoms with Gasteiger partial charge < -0.3 is 4.90 Å². The summed E-state index contributed by atoms with van der Waals surface area (Å²) in [7, 11) is 0. The molecule has 0 aliphatic carbocycles. The number of para-hydroxylation sites is 1. The molecular weight excluding hydrogens is 344 g/mol. The molecule has 0 saturated heterocycles. The van der Waals surface area contributed by atoms with Crippen LogP contribution in [0.5, 0.6) is 0 Å². The molecule has 3 rings (SSSR count). The van der Waals surface area contributed by atoms with Crippen molar-refractivity contribution in [3.8, 4) is 5.69 Å². The summed E-state index contributed by atoms with van der Waals surface area (Å²) in [6, 6.07) is 19.8. The molecule has 0 saturated carbocycles. The first-order valence-electron chi connectivity index (χ1n) is 8.70. The largest absolute Gasteiger partial charge is 0.342 e. The van der Waals surface area contributed by atoms with Gasteiger partial charge in [0.05, 0.1) is 0 Å². The first kappa shape index (κ1) is 18.2. The highest BCUT2D eigenvalue weighted by atomic mass is 32.2. The van der Waals surface area contributed by atoms with Crippen molar-refractivity contribution in [2.75, 3.05) is 13.1 Å². The van der Waals surface area contributed by atoms with Crippen LogP contribution < -0.4 is 0 Å². The number of aromatic nitrogens is 3.